The van der Waals surface area contributed by atoms with Crippen LogP contribution in [0.3, 0.4) is 0 Å². The number of benzene rings is 1. The van der Waals surface area contributed by atoms with Gasteiger partial charge in [0.2, 0.25) is 0 Å². The number of allylic oxidation sites excluding steroid dienone is 1. The number of ether oxygens (including phenoxy) is 2. The molecule has 6 heteroatoms. The molecule has 0 aliphatic heterocycles. The minimum absolute atomic E-state index is 0.412. The van der Waals surface area contributed by atoms with Crippen LogP contribution in [0.4, 0.5) is 0 Å². The van der Waals surface area contributed by atoms with Crippen LogP contribution in [0, 0.1) is 11.3 Å². The molecule has 0 saturated heterocycles. The van der Waals surface area contributed by atoms with Gasteiger partial charge in [0.1, 0.15) is 6.07 Å². The lowest BCUT2D eigenvalue weighted by Crippen LogP contribution is -1.91. The van der Waals surface area contributed by atoms with E-state index in [1.807, 2.05) is 18.2 Å². The van der Waals surface area contributed by atoms with Gasteiger partial charge >= 0.3 is 0 Å². The van der Waals surface area contributed by atoms with Crippen LogP contribution in [0.2, 0.25) is 0 Å². The molecule has 0 saturated carbocycles. The van der Waals surface area contributed by atoms with Crippen LogP contribution >= 0.6 is 0 Å². The van der Waals surface area contributed by atoms with Gasteiger partial charge in [-0.2, -0.15) is 5.26 Å². The fourth-order valence-corrected chi connectivity index (χ4v) is 2.24. The van der Waals surface area contributed by atoms with Crippen molar-refractivity contribution in [2.24, 2.45) is 0 Å². The first-order chi connectivity index (χ1) is 11.2. The zero-order chi connectivity index (χ0) is 16.2. The van der Waals surface area contributed by atoms with E-state index in [9.17, 15) is 5.26 Å². The zero-order valence-corrected chi connectivity index (χ0v) is 12.7. The number of aromatic nitrogens is 3. The van der Waals surface area contributed by atoms with Crippen LogP contribution in [0.1, 0.15) is 11.4 Å². The molecule has 0 radical (unpaired) electrons. The van der Waals surface area contributed by atoms with E-state index >= 15 is 0 Å². The second-order valence-electron chi connectivity index (χ2n) is 4.74. The Morgan fingerprint density at radius 1 is 1.22 bits per heavy atom. The van der Waals surface area contributed by atoms with Crippen LogP contribution in [0.5, 0.6) is 11.5 Å². The van der Waals surface area contributed by atoms with E-state index in [4.69, 9.17) is 9.47 Å². The summed E-state index contributed by atoms with van der Waals surface area (Å²) in [7, 11) is 3.15. The van der Waals surface area contributed by atoms with Gasteiger partial charge in [0.05, 0.1) is 25.3 Å². The van der Waals surface area contributed by atoms with Crippen LogP contribution in [0.25, 0.3) is 22.8 Å². The number of hydrogen-bond acceptors (Lipinski definition) is 5. The Morgan fingerprint density at radius 3 is 2.74 bits per heavy atom. The monoisotopic (exact) mass is 306 g/mol. The third kappa shape index (κ3) is 2.85. The maximum absolute atomic E-state index is 9.44. The normalized spacial score (nSPS) is 11.3. The van der Waals surface area contributed by atoms with E-state index in [0.717, 1.165) is 11.1 Å². The van der Waals surface area contributed by atoms with Crippen molar-refractivity contribution in [3.63, 3.8) is 0 Å². The first-order valence-corrected chi connectivity index (χ1v) is 6.90. The topological polar surface area (TPSA) is 83.8 Å². The summed E-state index contributed by atoms with van der Waals surface area (Å²) in [5.41, 5.74) is 2.59. The Labute approximate surface area is 133 Å². The molecule has 0 unspecified atom stereocenters. The van der Waals surface area contributed by atoms with Crippen LogP contribution in [0.15, 0.2) is 36.5 Å². The van der Waals surface area contributed by atoms with Gasteiger partial charge in [0.25, 0.3) is 0 Å². The number of nitrogens with one attached hydrogen (secondary N) is 1. The van der Waals surface area contributed by atoms with Crippen molar-refractivity contribution in [2.75, 3.05) is 14.2 Å². The maximum Gasteiger partial charge on any atom is 0.178 e. The van der Waals surface area contributed by atoms with Crippen molar-refractivity contribution >= 4 is 22.8 Å². The highest BCUT2D eigenvalue weighted by Crippen LogP contribution is 2.29. The van der Waals surface area contributed by atoms with Crippen molar-refractivity contribution in [3.05, 3.63) is 47.9 Å². The second-order valence-corrected chi connectivity index (χ2v) is 4.74. The van der Waals surface area contributed by atoms with Gasteiger partial charge < -0.3 is 14.5 Å². The third-order valence-corrected chi connectivity index (χ3v) is 3.35. The van der Waals surface area contributed by atoms with Crippen molar-refractivity contribution in [3.8, 4) is 17.6 Å². The average molecular weight is 306 g/mol. The standard InChI is InChI=1S/C17H14N4O2/c1-22-14-6-5-11(9-15(14)23-2)8-12(10-18)16-20-13-4-3-7-19-17(13)21-16/h3-9H,1-2H3,(H,19,20,21)/b12-8+. The Hall–Kier alpha value is -3.33. The Bertz CT molecular complexity index is 889. The molecule has 0 bridgehead atoms. The van der Waals surface area contributed by atoms with Crippen LogP contribution in [-0.4, -0.2) is 29.2 Å². The highest BCUT2D eigenvalue weighted by Gasteiger charge is 2.09. The zero-order valence-electron chi connectivity index (χ0n) is 12.7. The summed E-state index contributed by atoms with van der Waals surface area (Å²) in [6.07, 6.45) is 3.40. The molecule has 3 aromatic rings. The van der Waals surface area contributed by atoms with Crippen molar-refractivity contribution in [1.29, 1.82) is 5.26 Å². The van der Waals surface area contributed by atoms with E-state index < -0.39 is 0 Å². The lowest BCUT2D eigenvalue weighted by atomic mass is 10.1. The second kappa shape index (κ2) is 6.20. The molecule has 2 heterocycles. The predicted molar refractivity (Wildman–Crippen MR) is 86.9 cm³/mol. The first kappa shape index (κ1) is 14.6. The van der Waals surface area contributed by atoms with Gasteiger partial charge in [-0.05, 0) is 35.9 Å². The highest BCUT2D eigenvalue weighted by molar-refractivity contribution is 5.89. The van der Waals surface area contributed by atoms with Crippen molar-refractivity contribution in [1.82, 2.24) is 15.0 Å². The average Bonchev–Trinajstić information content (AvgIpc) is 3.03. The first-order valence-electron chi connectivity index (χ1n) is 6.90. The van der Waals surface area contributed by atoms with Gasteiger partial charge in [-0.25, -0.2) is 9.97 Å². The number of fused-ring (bicyclic) bond motifs is 1. The molecular weight excluding hydrogens is 292 g/mol. The quantitative estimate of drug-likeness (QED) is 0.749. The number of nitrogens with zero attached hydrogens (tertiary/aromatic N) is 3. The molecule has 0 fully saturated rings. The smallest absolute Gasteiger partial charge is 0.178 e. The Kier molecular flexibility index (Phi) is 3.93. The summed E-state index contributed by atoms with van der Waals surface area (Å²) in [6.45, 7) is 0. The summed E-state index contributed by atoms with van der Waals surface area (Å²) in [5, 5.41) is 9.44. The predicted octanol–water partition coefficient (Wildman–Crippen LogP) is 3.04. The van der Waals surface area contributed by atoms with E-state index in [1.165, 1.54) is 0 Å². The molecule has 0 aliphatic carbocycles. The van der Waals surface area contributed by atoms with Crippen LogP contribution < -0.4 is 9.47 Å². The van der Waals surface area contributed by atoms with Gasteiger partial charge in [-0.15, -0.1) is 0 Å². The molecule has 2 aromatic heterocycles. The molecule has 0 atom stereocenters. The molecule has 0 spiro atoms. The maximum atomic E-state index is 9.44. The number of methoxy groups -OCH3 is 2. The summed E-state index contributed by atoms with van der Waals surface area (Å²) in [4.78, 5) is 11.6. The van der Waals surface area contributed by atoms with Gasteiger partial charge in [0.15, 0.2) is 23.0 Å². The number of rotatable bonds is 4. The molecule has 1 N–H and O–H groups in total. The molecular formula is C17H14N4O2. The molecule has 6 nitrogen and oxygen atoms in total. The summed E-state index contributed by atoms with van der Waals surface area (Å²) >= 11 is 0. The van der Waals surface area contributed by atoms with Gasteiger partial charge in [0, 0.05) is 6.20 Å². The number of H-pyrrole nitrogens is 1. The number of aromatic amines is 1. The number of hydrogen-bond donors (Lipinski definition) is 1. The SMILES string of the molecule is COc1ccc(/C=C(\C#N)c2nc3ncccc3[nH]2)cc1OC. The largest absolute Gasteiger partial charge is 0.493 e. The molecule has 23 heavy (non-hydrogen) atoms. The minimum atomic E-state index is 0.412. The lowest BCUT2D eigenvalue weighted by molar-refractivity contribution is 0.355. The summed E-state index contributed by atoms with van der Waals surface area (Å²) in [5.74, 6) is 1.72. The Morgan fingerprint density at radius 2 is 2.04 bits per heavy atom. The fraction of sp³-hybridized carbons (Fsp3) is 0.118. The third-order valence-electron chi connectivity index (χ3n) is 3.35. The van der Waals surface area contributed by atoms with Crippen molar-refractivity contribution in [2.45, 2.75) is 0 Å². The number of pyridine rings is 1. The van der Waals surface area contributed by atoms with E-state index in [2.05, 4.69) is 21.0 Å². The minimum Gasteiger partial charge on any atom is -0.493 e. The van der Waals surface area contributed by atoms with E-state index in [-0.39, 0.29) is 0 Å². The molecule has 1 aromatic carbocycles. The van der Waals surface area contributed by atoms with E-state index in [0.29, 0.717) is 28.5 Å². The fourth-order valence-electron chi connectivity index (χ4n) is 2.24. The van der Waals surface area contributed by atoms with Crippen LogP contribution in [-0.2, 0) is 0 Å². The molecule has 3 rings (SSSR count). The molecule has 0 amide bonds. The van der Waals surface area contributed by atoms with Crippen molar-refractivity contribution < 1.29 is 9.47 Å². The number of nitriles is 1. The van der Waals surface area contributed by atoms with E-state index in [1.54, 1.807) is 38.6 Å². The summed E-state index contributed by atoms with van der Waals surface area (Å²) in [6, 6.07) is 11.3. The van der Waals surface area contributed by atoms with Gasteiger partial charge in [-0.1, -0.05) is 6.07 Å². The van der Waals surface area contributed by atoms with Gasteiger partial charge in [-0.3, -0.25) is 0 Å². The number of imidazole rings is 1. The molecule has 0 aliphatic rings. The Balaban J connectivity index is 2.03. The summed E-state index contributed by atoms with van der Waals surface area (Å²) < 4.78 is 10.5. The highest BCUT2D eigenvalue weighted by atomic mass is 16.5. The lowest BCUT2D eigenvalue weighted by Gasteiger charge is -2.07. The molecule has 114 valence electrons.